The van der Waals surface area contributed by atoms with Crippen LogP contribution in [0.3, 0.4) is 0 Å². The summed E-state index contributed by atoms with van der Waals surface area (Å²) in [6.07, 6.45) is 4.07. The Morgan fingerprint density at radius 3 is 2.53 bits per heavy atom. The van der Waals surface area contributed by atoms with Crippen molar-refractivity contribution >= 4 is 0 Å². The van der Waals surface area contributed by atoms with Crippen molar-refractivity contribution in [2.24, 2.45) is 17.8 Å². The molecule has 1 rings (SSSR count). The minimum atomic E-state index is 0.775. The van der Waals surface area contributed by atoms with Crippen LogP contribution in [0.15, 0.2) is 0 Å². The largest absolute Gasteiger partial charge is 0.316 e. The Bertz CT molecular complexity index is 187. The molecule has 0 aromatic rings. The molecule has 0 amide bonds. The van der Waals surface area contributed by atoms with Crippen LogP contribution in [0.1, 0.15) is 47.0 Å². The molecule has 2 heteroatoms. The quantitative estimate of drug-likeness (QED) is 0.701. The molecule has 1 N–H and O–H groups in total. The molecule has 1 heterocycles. The average molecular weight is 240 g/mol. The van der Waals surface area contributed by atoms with Crippen LogP contribution in [-0.4, -0.2) is 37.6 Å². The van der Waals surface area contributed by atoms with E-state index in [1.54, 1.807) is 0 Å². The minimum Gasteiger partial charge on any atom is -0.316 e. The van der Waals surface area contributed by atoms with Crippen LogP contribution in [0.2, 0.25) is 0 Å². The first kappa shape index (κ1) is 15.0. The third kappa shape index (κ3) is 5.87. The molecule has 102 valence electrons. The van der Waals surface area contributed by atoms with Gasteiger partial charge in [0.25, 0.3) is 0 Å². The topological polar surface area (TPSA) is 15.3 Å². The highest BCUT2D eigenvalue weighted by Gasteiger charge is 2.23. The first-order valence-electron chi connectivity index (χ1n) is 7.58. The zero-order valence-corrected chi connectivity index (χ0v) is 12.3. The Morgan fingerprint density at radius 1 is 1.24 bits per heavy atom. The van der Waals surface area contributed by atoms with Crippen molar-refractivity contribution in [2.45, 2.75) is 47.0 Å². The van der Waals surface area contributed by atoms with Crippen LogP contribution in [0.5, 0.6) is 0 Å². The molecule has 0 radical (unpaired) electrons. The van der Waals surface area contributed by atoms with Crippen LogP contribution < -0.4 is 5.32 Å². The molecule has 0 spiro atoms. The van der Waals surface area contributed by atoms with Gasteiger partial charge >= 0.3 is 0 Å². The summed E-state index contributed by atoms with van der Waals surface area (Å²) in [6, 6.07) is 0. The van der Waals surface area contributed by atoms with Gasteiger partial charge in [0.2, 0.25) is 0 Å². The van der Waals surface area contributed by atoms with E-state index in [9.17, 15) is 0 Å². The monoisotopic (exact) mass is 240 g/mol. The lowest BCUT2D eigenvalue weighted by Crippen LogP contribution is -2.30. The van der Waals surface area contributed by atoms with Gasteiger partial charge in [0, 0.05) is 13.1 Å². The Kier molecular flexibility index (Phi) is 7.14. The molecule has 1 unspecified atom stereocenters. The Labute approximate surface area is 108 Å². The maximum absolute atomic E-state index is 3.60. The molecule has 0 saturated carbocycles. The summed E-state index contributed by atoms with van der Waals surface area (Å²) in [4.78, 5) is 2.68. The summed E-state index contributed by atoms with van der Waals surface area (Å²) < 4.78 is 0. The Morgan fingerprint density at radius 2 is 1.94 bits per heavy atom. The molecule has 0 aromatic carbocycles. The van der Waals surface area contributed by atoms with Crippen molar-refractivity contribution in [3.05, 3.63) is 0 Å². The first-order valence-corrected chi connectivity index (χ1v) is 7.58. The van der Waals surface area contributed by atoms with Gasteiger partial charge in [0.1, 0.15) is 0 Å². The van der Waals surface area contributed by atoms with E-state index in [1.165, 1.54) is 52.0 Å². The second-order valence-electron chi connectivity index (χ2n) is 6.15. The molecule has 1 fully saturated rings. The lowest BCUT2D eigenvalue weighted by molar-refractivity contribution is 0.258. The summed E-state index contributed by atoms with van der Waals surface area (Å²) in [7, 11) is 0. The summed E-state index contributed by atoms with van der Waals surface area (Å²) in [5.74, 6) is 2.58. The van der Waals surface area contributed by atoms with Crippen molar-refractivity contribution < 1.29 is 0 Å². The smallest absolute Gasteiger partial charge is 0.00224 e. The SMILES string of the molecule is CCC(CC)CN1CCC(CNCC(C)C)C1. The van der Waals surface area contributed by atoms with E-state index in [2.05, 4.69) is 37.9 Å². The first-order chi connectivity index (χ1) is 8.15. The van der Waals surface area contributed by atoms with E-state index >= 15 is 0 Å². The number of rotatable bonds is 8. The highest BCUT2D eigenvalue weighted by molar-refractivity contribution is 4.78. The third-order valence-corrected chi connectivity index (χ3v) is 4.03. The molecule has 0 aliphatic carbocycles. The predicted octanol–water partition coefficient (Wildman–Crippen LogP) is 2.99. The molecule has 17 heavy (non-hydrogen) atoms. The van der Waals surface area contributed by atoms with Gasteiger partial charge in [-0.1, -0.05) is 40.5 Å². The molecule has 2 nitrogen and oxygen atoms in total. The second-order valence-corrected chi connectivity index (χ2v) is 6.15. The predicted molar refractivity (Wildman–Crippen MR) is 76.3 cm³/mol. The zero-order chi connectivity index (χ0) is 12.7. The number of hydrogen-bond acceptors (Lipinski definition) is 2. The molecule has 1 aliphatic heterocycles. The van der Waals surface area contributed by atoms with Crippen molar-refractivity contribution in [1.82, 2.24) is 10.2 Å². The minimum absolute atomic E-state index is 0.775. The Balaban J connectivity index is 2.14. The fourth-order valence-corrected chi connectivity index (χ4v) is 2.73. The zero-order valence-electron chi connectivity index (χ0n) is 12.3. The summed E-state index contributed by atoms with van der Waals surface area (Å²) in [5.41, 5.74) is 0. The van der Waals surface area contributed by atoms with E-state index in [-0.39, 0.29) is 0 Å². The van der Waals surface area contributed by atoms with Crippen LogP contribution >= 0.6 is 0 Å². The fourth-order valence-electron chi connectivity index (χ4n) is 2.73. The number of likely N-dealkylation sites (tertiary alicyclic amines) is 1. The van der Waals surface area contributed by atoms with Crippen LogP contribution in [-0.2, 0) is 0 Å². The molecule has 1 aliphatic rings. The fraction of sp³-hybridized carbons (Fsp3) is 1.00. The van der Waals surface area contributed by atoms with Crippen molar-refractivity contribution in [3.63, 3.8) is 0 Å². The van der Waals surface area contributed by atoms with E-state index in [0.29, 0.717) is 0 Å². The van der Waals surface area contributed by atoms with E-state index < -0.39 is 0 Å². The standard InChI is InChI=1S/C15H32N2/c1-5-14(6-2)11-17-8-7-15(12-17)10-16-9-13(3)4/h13-16H,5-12H2,1-4H3. The van der Waals surface area contributed by atoms with Crippen molar-refractivity contribution in [3.8, 4) is 0 Å². The molecule has 1 saturated heterocycles. The van der Waals surface area contributed by atoms with Gasteiger partial charge in [-0.05, 0) is 43.8 Å². The van der Waals surface area contributed by atoms with Crippen molar-refractivity contribution in [2.75, 3.05) is 32.7 Å². The van der Waals surface area contributed by atoms with Crippen molar-refractivity contribution in [1.29, 1.82) is 0 Å². The lowest BCUT2D eigenvalue weighted by atomic mass is 10.0. The van der Waals surface area contributed by atoms with Gasteiger partial charge in [0.05, 0.1) is 0 Å². The lowest BCUT2D eigenvalue weighted by Gasteiger charge is -2.22. The molecular formula is C15H32N2. The highest BCUT2D eigenvalue weighted by atomic mass is 15.1. The van der Waals surface area contributed by atoms with Gasteiger partial charge in [-0.15, -0.1) is 0 Å². The van der Waals surface area contributed by atoms with Crippen LogP contribution in [0, 0.1) is 17.8 Å². The van der Waals surface area contributed by atoms with Gasteiger partial charge in [-0.2, -0.15) is 0 Å². The maximum Gasteiger partial charge on any atom is 0.00224 e. The van der Waals surface area contributed by atoms with Crippen LogP contribution in [0.4, 0.5) is 0 Å². The van der Waals surface area contributed by atoms with E-state index in [0.717, 1.165) is 17.8 Å². The summed E-state index contributed by atoms with van der Waals surface area (Å²) >= 11 is 0. The van der Waals surface area contributed by atoms with Gasteiger partial charge in [0.15, 0.2) is 0 Å². The molecular weight excluding hydrogens is 208 g/mol. The van der Waals surface area contributed by atoms with Gasteiger partial charge < -0.3 is 10.2 Å². The number of hydrogen-bond donors (Lipinski definition) is 1. The van der Waals surface area contributed by atoms with E-state index in [4.69, 9.17) is 0 Å². The molecule has 1 atom stereocenters. The highest BCUT2D eigenvalue weighted by Crippen LogP contribution is 2.19. The number of nitrogens with one attached hydrogen (secondary N) is 1. The van der Waals surface area contributed by atoms with E-state index in [1.807, 2.05) is 0 Å². The molecule has 0 bridgehead atoms. The summed E-state index contributed by atoms with van der Waals surface area (Å²) in [5, 5.41) is 3.60. The third-order valence-electron chi connectivity index (χ3n) is 4.03. The van der Waals surface area contributed by atoms with Gasteiger partial charge in [-0.3, -0.25) is 0 Å². The normalized spacial score (nSPS) is 21.9. The number of nitrogens with zero attached hydrogens (tertiary/aromatic N) is 1. The summed E-state index contributed by atoms with van der Waals surface area (Å²) in [6.45, 7) is 15.6. The maximum atomic E-state index is 3.60. The molecule has 0 aromatic heterocycles. The average Bonchev–Trinajstić information content (AvgIpc) is 2.73. The van der Waals surface area contributed by atoms with Crippen LogP contribution in [0.25, 0.3) is 0 Å². The Hall–Kier alpha value is -0.0800. The second kappa shape index (κ2) is 8.10. The van der Waals surface area contributed by atoms with Gasteiger partial charge in [-0.25, -0.2) is 0 Å².